The molecule has 2 aliphatic rings. The average molecular weight is 570 g/mol. The van der Waals surface area contributed by atoms with Crippen molar-refractivity contribution in [2.75, 3.05) is 24.6 Å². The summed E-state index contributed by atoms with van der Waals surface area (Å²) >= 11 is 0. The Morgan fingerprint density at radius 2 is 1.88 bits per heavy atom. The number of carbonyl (C=O) groups is 2. The first kappa shape index (κ1) is 29.6. The number of rotatable bonds is 6. The van der Waals surface area contributed by atoms with Gasteiger partial charge in [-0.3, -0.25) is 4.79 Å². The molecule has 0 spiro atoms. The molecule has 4 rings (SSSR count). The van der Waals surface area contributed by atoms with Gasteiger partial charge in [-0.15, -0.1) is 0 Å². The number of halogens is 3. The molecule has 4 atom stereocenters. The van der Waals surface area contributed by atoms with E-state index in [0.717, 1.165) is 12.8 Å². The average Bonchev–Trinajstić information content (AvgIpc) is 2.81. The van der Waals surface area contributed by atoms with E-state index in [9.17, 15) is 32.7 Å². The van der Waals surface area contributed by atoms with Gasteiger partial charge in [-0.2, -0.15) is 13.2 Å². The van der Waals surface area contributed by atoms with Crippen molar-refractivity contribution in [3.8, 4) is 0 Å². The smallest absolute Gasteiger partial charge is 0.456 e. The highest BCUT2D eigenvalue weighted by Gasteiger charge is 2.47. The maximum absolute atomic E-state index is 13.9. The van der Waals surface area contributed by atoms with Crippen LogP contribution in [0.15, 0.2) is 11.0 Å². The number of fused-ring (bicyclic) bond motifs is 2. The molecule has 220 valence electrons. The number of aliphatic hydroxyl groups excluding tert-OH is 1. The molecule has 3 heterocycles. The number of carbonyl (C=O) groups excluding carboxylic acids is 2. The SMILES string of the molecule is Cc1cnc2[nH]c(C(C)CC(O)COC(=O)C(F)(F)F)c(N3CCN(C(=O)OC(C)(C)C)[C@H]4CC[C@@H]43)c(=O)c2n1. The quantitative estimate of drug-likeness (QED) is 0.503. The molecule has 2 N–H and O–H groups in total. The Bertz CT molecular complexity index is 1340. The number of pyridine rings is 1. The van der Waals surface area contributed by atoms with Crippen molar-refractivity contribution < 1.29 is 37.3 Å². The van der Waals surface area contributed by atoms with Crippen LogP contribution in [0.3, 0.4) is 0 Å². The molecule has 2 aromatic rings. The highest BCUT2D eigenvalue weighted by atomic mass is 19.4. The van der Waals surface area contributed by atoms with Crippen LogP contribution >= 0.6 is 0 Å². The molecule has 0 aromatic carbocycles. The van der Waals surface area contributed by atoms with Crippen LogP contribution in [0.25, 0.3) is 11.2 Å². The monoisotopic (exact) mass is 569 g/mol. The summed E-state index contributed by atoms with van der Waals surface area (Å²) in [5.41, 5.74) is 0.625. The van der Waals surface area contributed by atoms with E-state index < -0.39 is 42.5 Å². The van der Waals surface area contributed by atoms with Gasteiger partial charge in [0.05, 0.1) is 24.0 Å². The second-order valence-corrected chi connectivity index (χ2v) is 11.4. The van der Waals surface area contributed by atoms with Crippen molar-refractivity contribution in [1.82, 2.24) is 19.9 Å². The van der Waals surface area contributed by atoms with E-state index in [1.165, 1.54) is 6.20 Å². The van der Waals surface area contributed by atoms with E-state index in [-0.39, 0.29) is 35.1 Å². The third-order valence-corrected chi connectivity index (χ3v) is 7.09. The number of piperazine rings is 1. The first-order chi connectivity index (χ1) is 18.6. The molecule has 40 heavy (non-hydrogen) atoms. The molecule has 1 saturated heterocycles. The van der Waals surface area contributed by atoms with E-state index in [2.05, 4.69) is 19.7 Å². The lowest BCUT2D eigenvalue weighted by Crippen LogP contribution is -2.67. The van der Waals surface area contributed by atoms with Crippen LogP contribution in [0.1, 0.15) is 64.3 Å². The van der Waals surface area contributed by atoms with E-state index in [4.69, 9.17) is 4.74 Å². The van der Waals surface area contributed by atoms with Crippen LogP contribution in [0.2, 0.25) is 0 Å². The van der Waals surface area contributed by atoms with Crippen LogP contribution in [0, 0.1) is 6.92 Å². The first-order valence-corrected chi connectivity index (χ1v) is 13.1. The number of hydrogen-bond donors (Lipinski definition) is 2. The van der Waals surface area contributed by atoms with Gasteiger partial charge in [-0.25, -0.2) is 19.6 Å². The summed E-state index contributed by atoms with van der Waals surface area (Å²) in [5, 5.41) is 10.4. The molecule has 1 amide bonds. The largest absolute Gasteiger partial charge is 0.490 e. The Morgan fingerprint density at radius 1 is 1.20 bits per heavy atom. The fourth-order valence-corrected chi connectivity index (χ4v) is 5.20. The zero-order valence-corrected chi connectivity index (χ0v) is 23.0. The minimum absolute atomic E-state index is 0.106. The molecule has 2 unspecified atom stereocenters. The number of anilines is 1. The summed E-state index contributed by atoms with van der Waals surface area (Å²) in [5.74, 6) is -2.96. The van der Waals surface area contributed by atoms with Gasteiger partial charge in [0.1, 0.15) is 17.9 Å². The lowest BCUT2D eigenvalue weighted by Gasteiger charge is -2.54. The zero-order valence-electron chi connectivity index (χ0n) is 23.0. The Labute approximate surface area is 228 Å². The minimum atomic E-state index is -5.17. The van der Waals surface area contributed by atoms with Crippen LogP contribution in [0.5, 0.6) is 0 Å². The van der Waals surface area contributed by atoms with Gasteiger partial charge in [0.25, 0.3) is 0 Å². The van der Waals surface area contributed by atoms with Crippen molar-refractivity contribution in [2.24, 2.45) is 0 Å². The number of nitrogens with zero attached hydrogens (tertiary/aromatic N) is 4. The number of hydrogen-bond acceptors (Lipinski definition) is 9. The molecule has 0 radical (unpaired) electrons. The standard InChI is InChI=1S/C26H34F3N5O6/c1-13(10-15(35)12-39-23(37)26(27,28)29)18-20(21(36)19-22(32-18)30-11-14(2)31-19)33-8-9-34(17-7-6-16(17)33)24(38)40-25(3,4)5/h11,13,15-17,35H,6-10,12H2,1-5H3,(H,30,32,36)/t13?,15?,16-,17-/m0/s1. The predicted molar refractivity (Wildman–Crippen MR) is 138 cm³/mol. The van der Waals surface area contributed by atoms with Crippen molar-refractivity contribution in [1.29, 1.82) is 0 Å². The third kappa shape index (κ3) is 6.16. The van der Waals surface area contributed by atoms with Gasteiger partial charge < -0.3 is 29.4 Å². The van der Waals surface area contributed by atoms with Gasteiger partial charge in [-0.1, -0.05) is 6.92 Å². The van der Waals surface area contributed by atoms with Gasteiger partial charge in [0.15, 0.2) is 11.2 Å². The van der Waals surface area contributed by atoms with Crippen LogP contribution in [-0.2, 0) is 14.3 Å². The number of aryl methyl sites for hydroxylation is 1. The molecule has 2 aromatic heterocycles. The van der Waals surface area contributed by atoms with Gasteiger partial charge in [0.2, 0.25) is 5.43 Å². The number of aromatic amines is 1. The summed E-state index contributed by atoms with van der Waals surface area (Å²) < 4.78 is 47.3. The molecular formula is C26H34F3N5O6. The molecular weight excluding hydrogens is 535 g/mol. The number of alkyl halides is 3. The normalized spacial score (nSPS) is 20.9. The van der Waals surface area contributed by atoms with Crippen LogP contribution < -0.4 is 10.3 Å². The minimum Gasteiger partial charge on any atom is -0.456 e. The van der Waals surface area contributed by atoms with Gasteiger partial charge >= 0.3 is 18.2 Å². The summed E-state index contributed by atoms with van der Waals surface area (Å²) in [4.78, 5) is 53.3. The third-order valence-electron chi connectivity index (χ3n) is 7.09. The van der Waals surface area contributed by atoms with Crippen LogP contribution in [0.4, 0.5) is 23.7 Å². The van der Waals surface area contributed by atoms with Crippen molar-refractivity contribution in [2.45, 2.75) is 89.8 Å². The van der Waals surface area contributed by atoms with Gasteiger partial charge in [-0.05, 0) is 47.0 Å². The summed E-state index contributed by atoms with van der Waals surface area (Å²) in [6, 6.07) is -0.334. The number of ether oxygens (including phenoxy) is 2. The van der Waals surface area contributed by atoms with E-state index in [1.807, 2.05) is 4.90 Å². The van der Waals surface area contributed by atoms with E-state index in [1.54, 1.807) is 39.5 Å². The Morgan fingerprint density at radius 3 is 2.48 bits per heavy atom. The maximum atomic E-state index is 13.9. The summed E-state index contributed by atoms with van der Waals surface area (Å²) in [6.45, 7) is 8.59. The second kappa shape index (κ2) is 10.9. The second-order valence-electron chi connectivity index (χ2n) is 11.4. The lowest BCUT2D eigenvalue weighted by molar-refractivity contribution is -0.202. The van der Waals surface area contributed by atoms with E-state index >= 15 is 0 Å². The fraction of sp³-hybridized carbons (Fsp3) is 0.654. The Kier molecular flexibility index (Phi) is 8.03. The van der Waals surface area contributed by atoms with Gasteiger partial charge in [0, 0.05) is 30.7 Å². The summed E-state index contributed by atoms with van der Waals surface area (Å²) in [6.07, 6.45) is -4.15. The number of nitrogens with one attached hydrogen (secondary N) is 1. The highest BCUT2D eigenvalue weighted by Crippen LogP contribution is 2.39. The number of aliphatic hydroxyl groups is 1. The summed E-state index contributed by atoms with van der Waals surface area (Å²) in [7, 11) is 0. The fourth-order valence-electron chi connectivity index (χ4n) is 5.20. The highest BCUT2D eigenvalue weighted by molar-refractivity contribution is 5.77. The number of esters is 1. The van der Waals surface area contributed by atoms with Crippen molar-refractivity contribution in [3.63, 3.8) is 0 Å². The number of H-pyrrole nitrogens is 1. The van der Waals surface area contributed by atoms with Crippen molar-refractivity contribution >= 4 is 28.9 Å². The molecule has 1 saturated carbocycles. The Hall–Kier alpha value is -3.42. The maximum Gasteiger partial charge on any atom is 0.490 e. The molecule has 14 heteroatoms. The number of amides is 1. The van der Waals surface area contributed by atoms with Crippen molar-refractivity contribution in [3.05, 3.63) is 27.8 Å². The Balaban J connectivity index is 1.64. The first-order valence-electron chi connectivity index (χ1n) is 13.1. The topological polar surface area (TPSA) is 138 Å². The molecule has 1 aliphatic heterocycles. The van der Waals surface area contributed by atoms with Crippen LogP contribution in [-0.4, -0.2) is 86.7 Å². The lowest BCUT2D eigenvalue weighted by atomic mass is 9.81. The molecule has 11 nitrogen and oxygen atoms in total. The van der Waals surface area contributed by atoms with E-state index in [0.29, 0.717) is 30.2 Å². The molecule has 1 aliphatic carbocycles. The molecule has 0 bridgehead atoms. The predicted octanol–water partition coefficient (Wildman–Crippen LogP) is 3.17. The molecule has 2 fully saturated rings. The zero-order chi connectivity index (χ0) is 29.6. The number of aromatic nitrogens is 3.